The third-order valence-corrected chi connectivity index (χ3v) is 2.52. The van der Waals surface area contributed by atoms with Gasteiger partial charge in [-0.1, -0.05) is 6.92 Å². The lowest BCUT2D eigenvalue weighted by Gasteiger charge is -2.10. The summed E-state index contributed by atoms with van der Waals surface area (Å²) in [5.74, 6) is 0. The number of halogens is 1. The number of rotatable bonds is 3. The molecule has 1 atom stereocenters. The van der Waals surface area contributed by atoms with Gasteiger partial charge in [0.25, 0.3) is 0 Å². The number of carbonyl (C=O) groups is 1. The van der Waals surface area contributed by atoms with Crippen molar-refractivity contribution in [1.82, 2.24) is 9.78 Å². The van der Waals surface area contributed by atoms with E-state index in [2.05, 4.69) is 28.0 Å². The molecule has 0 spiro atoms. The van der Waals surface area contributed by atoms with Gasteiger partial charge in [-0.15, -0.1) is 0 Å². The maximum absolute atomic E-state index is 10.6. The van der Waals surface area contributed by atoms with E-state index in [9.17, 15) is 4.79 Å². The van der Waals surface area contributed by atoms with Crippen molar-refractivity contribution >= 4 is 22.2 Å². The lowest BCUT2D eigenvalue weighted by molar-refractivity contribution is 0.111. The summed E-state index contributed by atoms with van der Waals surface area (Å²) in [6, 6.07) is 0.275. The van der Waals surface area contributed by atoms with E-state index in [4.69, 9.17) is 0 Å². The van der Waals surface area contributed by atoms with Gasteiger partial charge in [0.1, 0.15) is 5.69 Å². The second-order valence-corrected chi connectivity index (χ2v) is 3.55. The molecule has 0 saturated heterocycles. The zero-order chi connectivity index (χ0) is 9.14. The minimum absolute atomic E-state index is 0.275. The molecule has 0 saturated carbocycles. The Hall–Kier alpha value is -0.640. The van der Waals surface area contributed by atoms with Crippen molar-refractivity contribution in [2.24, 2.45) is 0 Å². The molecule has 4 heteroatoms. The molecule has 1 heterocycles. The Labute approximate surface area is 79.9 Å². The van der Waals surface area contributed by atoms with Crippen molar-refractivity contribution < 1.29 is 4.79 Å². The van der Waals surface area contributed by atoms with Gasteiger partial charge in [0.05, 0.1) is 10.7 Å². The molecule has 66 valence electrons. The molecular formula is C8H11BrN2O. The van der Waals surface area contributed by atoms with Crippen LogP contribution in [0.2, 0.25) is 0 Å². The highest BCUT2D eigenvalue weighted by Crippen LogP contribution is 2.18. The van der Waals surface area contributed by atoms with Gasteiger partial charge in [0.2, 0.25) is 0 Å². The van der Waals surface area contributed by atoms with Gasteiger partial charge in [0, 0.05) is 6.04 Å². The van der Waals surface area contributed by atoms with E-state index >= 15 is 0 Å². The SMILES string of the molecule is CCC(C)n1ncc(Br)c1C=O. The molecule has 3 nitrogen and oxygen atoms in total. The molecule has 0 aromatic carbocycles. The summed E-state index contributed by atoms with van der Waals surface area (Å²) in [4.78, 5) is 10.6. The molecule has 0 aliphatic rings. The first-order valence-electron chi connectivity index (χ1n) is 3.88. The van der Waals surface area contributed by atoms with Crippen LogP contribution >= 0.6 is 15.9 Å². The molecule has 1 unspecified atom stereocenters. The summed E-state index contributed by atoms with van der Waals surface area (Å²) in [5, 5.41) is 4.10. The van der Waals surface area contributed by atoms with E-state index in [1.54, 1.807) is 10.9 Å². The van der Waals surface area contributed by atoms with Crippen LogP contribution in [-0.2, 0) is 0 Å². The van der Waals surface area contributed by atoms with Gasteiger partial charge in [-0.25, -0.2) is 0 Å². The molecule has 0 radical (unpaired) electrons. The zero-order valence-corrected chi connectivity index (χ0v) is 8.71. The van der Waals surface area contributed by atoms with Crippen LogP contribution < -0.4 is 0 Å². The summed E-state index contributed by atoms with van der Waals surface area (Å²) >= 11 is 3.26. The van der Waals surface area contributed by atoms with Crippen LogP contribution in [0.3, 0.4) is 0 Å². The number of carbonyl (C=O) groups excluding carboxylic acids is 1. The van der Waals surface area contributed by atoms with Gasteiger partial charge >= 0.3 is 0 Å². The van der Waals surface area contributed by atoms with Crippen LogP contribution in [0.25, 0.3) is 0 Å². The Bertz CT molecular complexity index is 283. The third-order valence-electron chi connectivity index (χ3n) is 1.91. The lowest BCUT2D eigenvalue weighted by atomic mass is 10.2. The molecule has 12 heavy (non-hydrogen) atoms. The van der Waals surface area contributed by atoms with Crippen LogP contribution in [0.1, 0.15) is 36.8 Å². The Morgan fingerprint density at radius 1 is 1.83 bits per heavy atom. The maximum atomic E-state index is 10.6. The standard InChI is InChI=1S/C8H11BrN2O/c1-3-6(2)11-8(5-12)7(9)4-10-11/h4-6H,3H2,1-2H3. The minimum atomic E-state index is 0.275. The summed E-state index contributed by atoms with van der Waals surface area (Å²) in [6.45, 7) is 4.10. The first-order valence-corrected chi connectivity index (χ1v) is 4.68. The number of nitrogens with zero attached hydrogens (tertiary/aromatic N) is 2. The monoisotopic (exact) mass is 230 g/mol. The molecule has 1 rings (SSSR count). The van der Waals surface area contributed by atoms with Gasteiger partial charge in [-0.2, -0.15) is 5.10 Å². The average molecular weight is 231 g/mol. The highest BCUT2D eigenvalue weighted by atomic mass is 79.9. The predicted octanol–water partition coefficient (Wildman–Crippen LogP) is 2.43. The van der Waals surface area contributed by atoms with Gasteiger partial charge < -0.3 is 0 Å². The summed E-state index contributed by atoms with van der Waals surface area (Å²) in [5.41, 5.74) is 0.615. The van der Waals surface area contributed by atoms with E-state index in [0.717, 1.165) is 17.2 Å². The molecular weight excluding hydrogens is 220 g/mol. The number of aldehydes is 1. The van der Waals surface area contributed by atoms with Crippen molar-refractivity contribution in [3.63, 3.8) is 0 Å². The van der Waals surface area contributed by atoms with E-state index < -0.39 is 0 Å². The van der Waals surface area contributed by atoms with Crippen molar-refractivity contribution in [2.45, 2.75) is 26.3 Å². The first kappa shape index (κ1) is 9.45. The van der Waals surface area contributed by atoms with Crippen LogP contribution in [0.15, 0.2) is 10.7 Å². The fourth-order valence-corrected chi connectivity index (χ4v) is 1.35. The summed E-state index contributed by atoms with van der Waals surface area (Å²) in [7, 11) is 0. The third kappa shape index (κ3) is 1.58. The van der Waals surface area contributed by atoms with Gasteiger partial charge in [-0.05, 0) is 29.3 Å². The van der Waals surface area contributed by atoms with E-state index in [-0.39, 0.29) is 6.04 Å². The zero-order valence-electron chi connectivity index (χ0n) is 7.12. The Balaban J connectivity index is 3.06. The van der Waals surface area contributed by atoms with Crippen LogP contribution in [0, 0.1) is 0 Å². The van der Waals surface area contributed by atoms with Crippen molar-refractivity contribution in [2.75, 3.05) is 0 Å². The Morgan fingerprint density at radius 2 is 2.50 bits per heavy atom. The summed E-state index contributed by atoms with van der Waals surface area (Å²) < 4.78 is 2.50. The molecule has 1 aromatic heterocycles. The lowest BCUT2D eigenvalue weighted by Crippen LogP contribution is -2.09. The Morgan fingerprint density at radius 3 is 3.00 bits per heavy atom. The van der Waals surface area contributed by atoms with Crippen LogP contribution in [0.4, 0.5) is 0 Å². The molecule has 0 aliphatic carbocycles. The molecule has 1 aromatic rings. The highest BCUT2D eigenvalue weighted by Gasteiger charge is 2.11. The van der Waals surface area contributed by atoms with Gasteiger partial charge in [-0.3, -0.25) is 9.48 Å². The van der Waals surface area contributed by atoms with E-state index in [1.165, 1.54) is 0 Å². The Kier molecular flexibility index (Phi) is 3.03. The summed E-state index contributed by atoms with van der Waals surface area (Å²) in [6.07, 6.45) is 3.44. The van der Waals surface area contributed by atoms with Crippen molar-refractivity contribution in [3.05, 3.63) is 16.4 Å². The predicted molar refractivity (Wildman–Crippen MR) is 50.3 cm³/mol. The number of hydrogen-bond donors (Lipinski definition) is 0. The fourth-order valence-electron chi connectivity index (χ4n) is 0.985. The van der Waals surface area contributed by atoms with Crippen molar-refractivity contribution in [1.29, 1.82) is 0 Å². The van der Waals surface area contributed by atoms with Gasteiger partial charge in [0.15, 0.2) is 6.29 Å². The molecule has 0 bridgehead atoms. The molecule has 0 fully saturated rings. The van der Waals surface area contributed by atoms with E-state index in [0.29, 0.717) is 5.69 Å². The quantitative estimate of drug-likeness (QED) is 0.748. The number of hydrogen-bond acceptors (Lipinski definition) is 2. The smallest absolute Gasteiger partial charge is 0.169 e. The highest BCUT2D eigenvalue weighted by molar-refractivity contribution is 9.10. The maximum Gasteiger partial charge on any atom is 0.169 e. The second kappa shape index (κ2) is 3.85. The molecule has 0 N–H and O–H groups in total. The topological polar surface area (TPSA) is 34.9 Å². The average Bonchev–Trinajstić information content (AvgIpc) is 2.45. The molecule has 0 amide bonds. The normalized spacial score (nSPS) is 12.9. The first-order chi connectivity index (χ1) is 5.70. The van der Waals surface area contributed by atoms with Crippen LogP contribution in [0.5, 0.6) is 0 Å². The second-order valence-electron chi connectivity index (χ2n) is 2.70. The van der Waals surface area contributed by atoms with E-state index in [1.807, 2.05) is 6.92 Å². The fraction of sp³-hybridized carbons (Fsp3) is 0.500. The largest absolute Gasteiger partial charge is 0.296 e. The van der Waals surface area contributed by atoms with Crippen molar-refractivity contribution in [3.8, 4) is 0 Å². The van der Waals surface area contributed by atoms with Crippen LogP contribution in [-0.4, -0.2) is 16.1 Å². The number of aromatic nitrogens is 2. The minimum Gasteiger partial charge on any atom is -0.296 e. The molecule has 0 aliphatic heterocycles.